The van der Waals surface area contributed by atoms with E-state index in [1.807, 2.05) is 6.08 Å². The molecule has 0 N–H and O–H groups in total. The molecule has 5 heteroatoms. The molecule has 0 aliphatic carbocycles. The van der Waals surface area contributed by atoms with Crippen LogP contribution >= 0.6 is 0 Å². The first-order valence-corrected chi connectivity index (χ1v) is 11.5. The van der Waals surface area contributed by atoms with Gasteiger partial charge in [-0.15, -0.1) is 0 Å². The van der Waals surface area contributed by atoms with Crippen LogP contribution in [0.1, 0.15) is 97.3 Å². The van der Waals surface area contributed by atoms with E-state index >= 15 is 0 Å². The number of allylic oxidation sites excluding steroid dienone is 1. The van der Waals surface area contributed by atoms with E-state index in [0.29, 0.717) is 25.6 Å². The predicted molar refractivity (Wildman–Crippen MR) is 118 cm³/mol. The lowest BCUT2D eigenvalue weighted by molar-refractivity contribution is -0.145. The lowest BCUT2D eigenvalue weighted by atomic mass is 10.1. The zero-order chi connectivity index (χ0) is 21.6. The second-order valence-electron chi connectivity index (χ2n) is 7.81. The third-order valence-electron chi connectivity index (χ3n) is 4.93. The molecule has 29 heavy (non-hydrogen) atoms. The molecule has 1 unspecified atom stereocenters. The van der Waals surface area contributed by atoms with E-state index in [9.17, 15) is 9.59 Å². The fourth-order valence-electron chi connectivity index (χ4n) is 2.90. The molecule has 0 spiro atoms. The van der Waals surface area contributed by atoms with Gasteiger partial charge < -0.3 is 14.2 Å². The standard InChI is InChI=1S/C24H44O5/c1-4-5-6-7-8-9-10-11-12-13-19-28-23(25)15-14-16-24(26)29-21-18-22(2)17-20-27-3/h12-13,22H,4-11,14-21H2,1-3H3/b13-12+. The fourth-order valence-corrected chi connectivity index (χ4v) is 2.90. The van der Waals surface area contributed by atoms with Gasteiger partial charge in [-0.1, -0.05) is 64.5 Å². The van der Waals surface area contributed by atoms with E-state index in [2.05, 4.69) is 19.9 Å². The first kappa shape index (κ1) is 27.6. The maximum absolute atomic E-state index is 11.7. The molecule has 0 rings (SSSR count). The summed E-state index contributed by atoms with van der Waals surface area (Å²) in [5, 5.41) is 0. The molecule has 1 atom stereocenters. The molecule has 170 valence electrons. The molecule has 0 aliphatic heterocycles. The number of methoxy groups -OCH3 is 1. The van der Waals surface area contributed by atoms with Gasteiger partial charge in [0.2, 0.25) is 0 Å². The summed E-state index contributed by atoms with van der Waals surface area (Å²) < 4.78 is 15.4. The number of esters is 2. The van der Waals surface area contributed by atoms with Gasteiger partial charge in [-0.2, -0.15) is 0 Å². The number of carbonyl (C=O) groups is 2. The molecule has 0 bridgehead atoms. The highest BCUT2D eigenvalue weighted by Gasteiger charge is 2.08. The molecule has 0 amide bonds. The van der Waals surface area contributed by atoms with Gasteiger partial charge in [0.1, 0.15) is 6.61 Å². The Labute approximate surface area is 178 Å². The first-order valence-electron chi connectivity index (χ1n) is 11.5. The molecule has 0 saturated heterocycles. The normalized spacial score (nSPS) is 12.2. The van der Waals surface area contributed by atoms with E-state index in [0.717, 1.165) is 25.9 Å². The minimum Gasteiger partial charge on any atom is -0.466 e. The Bertz CT molecular complexity index is 419. The van der Waals surface area contributed by atoms with Gasteiger partial charge in [0.05, 0.1) is 6.61 Å². The minimum atomic E-state index is -0.258. The summed E-state index contributed by atoms with van der Waals surface area (Å²) in [6.07, 6.45) is 17.0. The van der Waals surface area contributed by atoms with Crippen molar-refractivity contribution < 1.29 is 23.8 Å². The van der Waals surface area contributed by atoms with Crippen LogP contribution in [0, 0.1) is 5.92 Å². The number of hydrogen-bond acceptors (Lipinski definition) is 5. The quantitative estimate of drug-likeness (QED) is 0.139. The second-order valence-corrected chi connectivity index (χ2v) is 7.81. The summed E-state index contributed by atoms with van der Waals surface area (Å²) in [4.78, 5) is 23.3. The number of ether oxygens (including phenoxy) is 3. The highest BCUT2D eigenvalue weighted by Crippen LogP contribution is 2.09. The predicted octanol–water partition coefficient (Wildman–Crippen LogP) is 6.00. The smallest absolute Gasteiger partial charge is 0.306 e. The average Bonchev–Trinajstić information content (AvgIpc) is 2.70. The maximum atomic E-state index is 11.7. The van der Waals surface area contributed by atoms with Crippen molar-refractivity contribution >= 4 is 11.9 Å². The van der Waals surface area contributed by atoms with Crippen LogP contribution in [-0.2, 0) is 23.8 Å². The monoisotopic (exact) mass is 412 g/mol. The Morgan fingerprint density at radius 1 is 0.793 bits per heavy atom. The number of hydrogen-bond donors (Lipinski definition) is 0. The van der Waals surface area contributed by atoms with E-state index < -0.39 is 0 Å². The van der Waals surface area contributed by atoms with Crippen LogP contribution in [0.3, 0.4) is 0 Å². The van der Waals surface area contributed by atoms with E-state index in [1.165, 1.54) is 44.9 Å². The van der Waals surface area contributed by atoms with Gasteiger partial charge in [-0.05, 0) is 38.0 Å². The minimum absolute atomic E-state index is 0.244. The van der Waals surface area contributed by atoms with Crippen molar-refractivity contribution in [1.82, 2.24) is 0 Å². The lowest BCUT2D eigenvalue weighted by Gasteiger charge is -2.10. The molecule has 0 aliphatic rings. The van der Waals surface area contributed by atoms with Gasteiger partial charge in [-0.25, -0.2) is 0 Å². The van der Waals surface area contributed by atoms with Crippen molar-refractivity contribution in [3.8, 4) is 0 Å². The zero-order valence-electron chi connectivity index (χ0n) is 19.1. The van der Waals surface area contributed by atoms with Crippen LogP contribution in [0.25, 0.3) is 0 Å². The van der Waals surface area contributed by atoms with Crippen LogP contribution in [-0.4, -0.2) is 38.9 Å². The van der Waals surface area contributed by atoms with Crippen molar-refractivity contribution in [3.63, 3.8) is 0 Å². The van der Waals surface area contributed by atoms with E-state index in [4.69, 9.17) is 14.2 Å². The third kappa shape index (κ3) is 21.2. The first-order chi connectivity index (χ1) is 14.1. The summed E-state index contributed by atoms with van der Waals surface area (Å²) in [6.45, 7) is 5.83. The molecular formula is C24H44O5. The molecule has 0 saturated carbocycles. The van der Waals surface area contributed by atoms with Crippen LogP contribution in [0.2, 0.25) is 0 Å². The van der Waals surface area contributed by atoms with Gasteiger partial charge in [-0.3, -0.25) is 9.59 Å². The van der Waals surface area contributed by atoms with E-state index in [-0.39, 0.29) is 24.8 Å². The maximum Gasteiger partial charge on any atom is 0.306 e. The van der Waals surface area contributed by atoms with Gasteiger partial charge in [0.25, 0.3) is 0 Å². The summed E-state index contributed by atoms with van der Waals surface area (Å²) in [7, 11) is 1.69. The topological polar surface area (TPSA) is 61.8 Å². The summed E-state index contributed by atoms with van der Waals surface area (Å²) in [6, 6.07) is 0. The number of carbonyl (C=O) groups excluding carboxylic acids is 2. The molecule has 0 heterocycles. The second kappa shape index (κ2) is 21.4. The zero-order valence-corrected chi connectivity index (χ0v) is 19.1. The Hall–Kier alpha value is -1.36. The molecule has 0 aromatic carbocycles. The Balaban J connectivity index is 3.47. The number of unbranched alkanes of at least 4 members (excludes halogenated alkanes) is 7. The Morgan fingerprint density at radius 3 is 2.10 bits per heavy atom. The highest BCUT2D eigenvalue weighted by atomic mass is 16.5. The summed E-state index contributed by atoms with van der Waals surface area (Å²) in [5.74, 6) is -0.0329. The summed E-state index contributed by atoms with van der Waals surface area (Å²) >= 11 is 0. The van der Waals surface area contributed by atoms with E-state index in [1.54, 1.807) is 7.11 Å². The molecule has 0 aromatic rings. The molecule has 0 radical (unpaired) electrons. The van der Waals surface area contributed by atoms with Crippen molar-refractivity contribution in [3.05, 3.63) is 12.2 Å². The van der Waals surface area contributed by atoms with Gasteiger partial charge in [0, 0.05) is 26.6 Å². The molecule has 0 aromatic heterocycles. The number of rotatable bonds is 20. The van der Waals surface area contributed by atoms with Crippen molar-refractivity contribution in [2.24, 2.45) is 5.92 Å². The van der Waals surface area contributed by atoms with Crippen molar-refractivity contribution in [2.45, 2.75) is 97.3 Å². The Morgan fingerprint density at radius 2 is 1.41 bits per heavy atom. The SMILES string of the molecule is CCCCCCCCC/C=C/COC(=O)CCCC(=O)OCCC(C)CCOC. The third-order valence-corrected chi connectivity index (χ3v) is 4.93. The van der Waals surface area contributed by atoms with Crippen molar-refractivity contribution in [1.29, 1.82) is 0 Å². The van der Waals surface area contributed by atoms with Crippen LogP contribution in [0.4, 0.5) is 0 Å². The van der Waals surface area contributed by atoms with Gasteiger partial charge >= 0.3 is 11.9 Å². The largest absolute Gasteiger partial charge is 0.466 e. The average molecular weight is 413 g/mol. The van der Waals surface area contributed by atoms with Gasteiger partial charge in [0.15, 0.2) is 0 Å². The molecule has 0 fully saturated rings. The molecule has 5 nitrogen and oxygen atoms in total. The summed E-state index contributed by atoms with van der Waals surface area (Å²) in [5.41, 5.74) is 0. The fraction of sp³-hybridized carbons (Fsp3) is 0.833. The Kier molecular flexibility index (Phi) is 20.3. The van der Waals surface area contributed by atoms with Crippen molar-refractivity contribution in [2.75, 3.05) is 26.9 Å². The van der Waals surface area contributed by atoms with Crippen LogP contribution in [0.15, 0.2) is 12.2 Å². The van der Waals surface area contributed by atoms with Crippen LogP contribution in [0.5, 0.6) is 0 Å². The van der Waals surface area contributed by atoms with Crippen LogP contribution < -0.4 is 0 Å². The molecular weight excluding hydrogens is 368 g/mol. The highest BCUT2D eigenvalue weighted by molar-refractivity contribution is 5.72. The lowest BCUT2D eigenvalue weighted by Crippen LogP contribution is -2.11.